The summed E-state index contributed by atoms with van der Waals surface area (Å²) >= 11 is 0. The van der Waals surface area contributed by atoms with Crippen molar-refractivity contribution in [1.29, 1.82) is 0 Å². The minimum absolute atomic E-state index is 0.229. The van der Waals surface area contributed by atoms with E-state index in [-0.39, 0.29) is 19.0 Å². The van der Waals surface area contributed by atoms with E-state index in [0.29, 0.717) is 28.3 Å². The van der Waals surface area contributed by atoms with Gasteiger partial charge in [-0.25, -0.2) is 4.98 Å². The molecule has 8 heteroatoms. The van der Waals surface area contributed by atoms with Crippen LogP contribution >= 0.6 is 0 Å². The summed E-state index contributed by atoms with van der Waals surface area (Å²) in [6.45, 7) is 2.05. The second-order valence-corrected chi connectivity index (χ2v) is 7.97. The highest BCUT2D eigenvalue weighted by Gasteiger charge is 2.17. The van der Waals surface area contributed by atoms with E-state index in [2.05, 4.69) is 15.6 Å². The van der Waals surface area contributed by atoms with Crippen LogP contribution in [0, 0.1) is 6.92 Å². The van der Waals surface area contributed by atoms with Gasteiger partial charge < -0.3 is 20.8 Å². The average Bonchev–Trinajstić information content (AvgIpc) is 3.37. The third kappa shape index (κ3) is 5.80. The summed E-state index contributed by atoms with van der Waals surface area (Å²) in [5, 5.41) is 5.32. The molecule has 0 saturated carbocycles. The van der Waals surface area contributed by atoms with E-state index < -0.39 is 11.8 Å². The van der Waals surface area contributed by atoms with Crippen LogP contribution in [0.1, 0.15) is 31.8 Å². The van der Waals surface area contributed by atoms with Crippen molar-refractivity contribution in [2.24, 2.45) is 5.73 Å². The molecule has 8 nitrogen and oxygen atoms in total. The zero-order chi connectivity index (χ0) is 24.8. The zero-order valence-electron chi connectivity index (χ0n) is 19.1. The van der Waals surface area contributed by atoms with E-state index in [9.17, 15) is 14.4 Å². The van der Waals surface area contributed by atoms with Crippen molar-refractivity contribution in [2.75, 3.05) is 6.54 Å². The lowest BCUT2D eigenvalue weighted by atomic mass is 10.1. The normalized spacial score (nSPS) is 10.5. The minimum Gasteiger partial charge on any atom is -0.436 e. The molecule has 0 saturated heterocycles. The Kier molecular flexibility index (Phi) is 7.02. The Morgan fingerprint density at radius 1 is 0.886 bits per heavy atom. The van der Waals surface area contributed by atoms with Crippen molar-refractivity contribution in [3.05, 3.63) is 101 Å². The van der Waals surface area contributed by atoms with Crippen LogP contribution in [0.25, 0.3) is 22.8 Å². The predicted octanol–water partition coefficient (Wildman–Crippen LogP) is 3.46. The fraction of sp³-hybridized carbons (Fsp3) is 0.111. The SMILES string of the molecule is Cc1ccc(-c2cnc(-c3ccccc3C(=O)NCc3ccc(C(=O)NCC(N)=O)cc3)o2)cc1. The predicted molar refractivity (Wildman–Crippen MR) is 131 cm³/mol. The summed E-state index contributed by atoms with van der Waals surface area (Å²) in [5.74, 6) is -0.315. The summed E-state index contributed by atoms with van der Waals surface area (Å²) < 4.78 is 5.96. The number of nitrogens with zero attached hydrogens (tertiary/aromatic N) is 1. The maximum Gasteiger partial charge on any atom is 0.252 e. The smallest absolute Gasteiger partial charge is 0.252 e. The average molecular weight is 469 g/mol. The standard InChI is InChI=1S/C27H24N4O4/c1-17-6-10-19(11-7-17)23-15-31-27(35-23)22-5-3-2-4-21(22)26(34)29-14-18-8-12-20(13-9-18)25(33)30-16-24(28)32/h2-13,15H,14,16H2,1H3,(H2,28,32)(H,29,34)(H,30,33). The van der Waals surface area contributed by atoms with Crippen LogP contribution in [0.3, 0.4) is 0 Å². The summed E-state index contributed by atoms with van der Waals surface area (Å²) in [5.41, 5.74) is 9.31. The highest BCUT2D eigenvalue weighted by Crippen LogP contribution is 2.28. The molecule has 0 bridgehead atoms. The molecule has 0 unspecified atom stereocenters. The minimum atomic E-state index is -0.617. The van der Waals surface area contributed by atoms with Crippen LogP contribution in [0.4, 0.5) is 0 Å². The van der Waals surface area contributed by atoms with Crippen LogP contribution in [0.5, 0.6) is 0 Å². The molecule has 0 aliphatic heterocycles. The van der Waals surface area contributed by atoms with Crippen molar-refractivity contribution < 1.29 is 18.8 Å². The quantitative estimate of drug-likeness (QED) is 0.365. The number of nitrogens with one attached hydrogen (secondary N) is 2. The molecule has 0 aliphatic carbocycles. The number of hydrogen-bond acceptors (Lipinski definition) is 5. The Bertz CT molecular complexity index is 1360. The summed E-state index contributed by atoms with van der Waals surface area (Å²) in [6.07, 6.45) is 1.65. The van der Waals surface area contributed by atoms with E-state index in [1.54, 1.807) is 48.7 Å². The molecule has 0 atom stereocenters. The second kappa shape index (κ2) is 10.5. The maximum absolute atomic E-state index is 13.0. The summed E-state index contributed by atoms with van der Waals surface area (Å²) in [6, 6.07) is 21.7. The van der Waals surface area contributed by atoms with E-state index >= 15 is 0 Å². The molecule has 0 fully saturated rings. The van der Waals surface area contributed by atoms with E-state index in [0.717, 1.165) is 16.7 Å². The lowest BCUT2D eigenvalue weighted by Gasteiger charge is -2.09. The number of benzene rings is 3. The molecule has 4 aromatic rings. The number of hydrogen-bond donors (Lipinski definition) is 3. The molecule has 1 aromatic heterocycles. The van der Waals surface area contributed by atoms with Crippen molar-refractivity contribution in [2.45, 2.75) is 13.5 Å². The monoisotopic (exact) mass is 468 g/mol. The lowest BCUT2D eigenvalue weighted by Crippen LogP contribution is -2.33. The number of oxazole rings is 1. The van der Waals surface area contributed by atoms with Gasteiger partial charge in [-0.1, -0.05) is 54.1 Å². The van der Waals surface area contributed by atoms with Crippen molar-refractivity contribution in [3.63, 3.8) is 0 Å². The largest absolute Gasteiger partial charge is 0.436 e. The fourth-order valence-corrected chi connectivity index (χ4v) is 3.44. The van der Waals surface area contributed by atoms with Gasteiger partial charge in [0.2, 0.25) is 11.8 Å². The van der Waals surface area contributed by atoms with Gasteiger partial charge in [0.25, 0.3) is 11.8 Å². The number of rotatable bonds is 8. The number of amides is 3. The molecule has 3 amide bonds. The molecular formula is C27H24N4O4. The number of carbonyl (C=O) groups excluding carboxylic acids is 3. The third-order valence-electron chi connectivity index (χ3n) is 5.34. The first-order chi connectivity index (χ1) is 16.9. The molecule has 3 aromatic carbocycles. The maximum atomic E-state index is 13.0. The Morgan fingerprint density at radius 3 is 2.31 bits per heavy atom. The first-order valence-corrected chi connectivity index (χ1v) is 11.0. The Morgan fingerprint density at radius 2 is 1.60 bits per heavy atom. The molecule has 0 spiro atoms. The van der Waals surface area contributed by atoms with E-state index in [1.807, 2.05) is 37.3 Å². The molecule has 0 aliphatic rings. The van der Waals surface area contributed by atoms with Gasteiger partial charge in [0.1, 0.15) is 0 Å². The second-order valence-electron chi connectivity index (χ2n) is 7.97. The zero-order valence-corrected chi connectivity index (χ0v) is 19.1. The first kappa shape index (κ1) is 23.4. The first-order valence-electron chi connectivity index (χ1n) is 11.0. The molecular weight excluding hydrogens is 444 g/mol. The van der Waals surface area contributed by atoms with Crippen LogP contribution < -0.4 is 16.4 Å². The van der Waals surface area contributed by atoms with Gasteiger partial charge in [-0.3, -0.25) is 14.4 Å². The van der Waals surface area contributed by atoms with Crippen molar-refractivity contribution in [3.8, 4) is 22.8 Å². The van der Waals surface area contributed by atoms with Crippen LogP contribution in [-0.4, -0.2) is 29.3 Å². The van der Waals surface area contributed by atoms with Gasteiger partial charge in [0.05, 0.1) is 18.3 Å². The number of aryl methyl sites for hydroxylation is 1. The van der Waals surface area contributed by atoms with Gasteiger partial charge in [-0.05, 0) is 36.8 Å². The number of aromatic nitrogens is 1. The van der Waals surface area contributed by atoms with E-state index in [1.165, 1.54) is 0 Å². The molecule has 35 heavy (non-hydrogen) atoms. The number of nitrogens with two attached hydrogens (primary N) is 1. The van der Waals surface area contributed by atoms with Crippen molar-refractivity contribution >= 4 is 17.7 Å². The molecule has 4 rings (SSSR count). The van der Waals surface area contributed by atoms with Gasteiger partial charge in [0, 0.05) is 23.2 Å². The molecule has 176 valence electrons. The number of carbonyl (C=O) groups is 3. The summed E-state index contributed by atoms with van der Waals surface area (Å²) in [7, 11) is 0. The highest BCUT2D eigenvalue weighted by molar-refractivity contribution is 6.00. The van der Waals surface area contributed by atoms with Gasteiger partial charge in [-0.2, -0.15) is 0 Å². The number of primary amides is 1. The van der Waals surface area contributed by atoms with E-state index in [4.69, 9.17) is 10.2 Å². The highest BCUT2D eigenvalue weighted by atomic mass is 16.4. The lowest BCUT2D eigenvalue weighted by molar-refractivity contribution is -0.117. The van der Waals surface area contributed by atoms with Gasteiger partial charge in [-0.15, -0.1) is 0 Å². The Hall–Kier alpha value is -4.72. The Labute approximate surface area is 202 Å². The van der Waals surface area contributed by atoms with Crippen LogP contribution in [0.15, 0.2) is 83.4 Å². The summed E-state index contributed by atoms with van der Waals surface area (Å²) in [4.78, 5) is 40.1. The van der Waals surface area contributed by atoms with Gasteiger partial charge >= 0.3 is 0 Å². The molecule has 1 heterocycles. The Balaban J connectivity index is 1.44. The van der Waals surface area contributed by atoms with Crippen LogP contribution in [0.2, 0.25) is 0 Å². The fourth-order valence-electron chi connectivity index (χ4n) is 3.44. The molecule has 4 N–H and O–H groups in total. The van der Waals surface area contributed by atoms with Crippen molar-refractivity contribution in [1.82, 2.24) is 15.6 Å². The third-order valence-corrected chi connectivity index (χ3v) is 5.34. The topological polar surface area (TPSA) is 127 Å². The molecule has 0 radical (unpaired) electrons. The van der Waals surface area contributed by atoms with Gasteiger partial charge in [0.15, 0.2) is 5.76 Å². The van der Waals surface area contributed by atoms with Crippen LogP contribution in [-0.2, 0) is 11.3 Å².